The minimum Gasteiger partial charge on any atom is -0.468 e. The van der Waals surface area contributed by atoms with Crippen LogP contribution in [0.15, 0.2) is 5.11 Å². The Morgan fingerprint density at radius 1 is 1.50 bits per heavy atom. The summed E-state index contributed by atoms with van der Waals surface area (Å²) in [5, 5.41) is 6.71. The van der Waals surface area contributed by atoms with Crippen molar-refractivity contribution >= 4 is 5.97 Å². The standard InChI is InChI=1S/C12H22N4O2/c1-18-12(17)11(10-6-3-2-4-7-10)14-8-5-9-15-16-13/h10-11,14H,2-9H2,1H3. The van der Waals surface area contributed by atoms with E-state index in [9.17, 15) is 4.79 Å². The number of hydrogen-bond acceptors (Lipinski definition) is 4. The highest BCUT2D eigenvalue weighted by atomic mass is 16.5. The van der Waals surface area contributed by atoms with E-state index in [0.29, 0.717) is 19.0 Å². The van der Waals surface area contributed by atoms with Crippen LogP contribution in [0.2, 0.25) is 0 Å². The molecule has 0 radical (unpaired) electrons. The molecule has 0 bridgehead atoms. The van der Waals surface area contributed by atoms with Gasteiger partial charge in [-0.15, -0.1) is 0 Å². The number of nitrogens with zero attached hydrogens (tertiary/aromatic N) is 3. The molecule has 1 unspecified atom stereocenters. The molecule has 0 aromatic rings. The summed E-state index contributed by atoms with van der Waals surface area (Å²) in [5.74, 6) is 0.205. The zero-order valence-corrected chi connectivity index (χ0v) is 11.0. The number of nitrogens with one attached hydrogen (secondary N) is 1. The van der Waals surface area contributed by atoms with Crippen molar-refractivity contribution in [1.29, 1.82) is 0 Å². The first-order chi connectivity index (χ1) is 8.79. The van der Waals surface area contributed by atoms with Gasteiger partial charge in [-0.1, -0.05) is 24.4 Å². The minimum atomic E-state index is -0.207. The summed E-state index contributed by atoms with van der Waals surface area (Å²) in [4.78, 5) is 14.5. The number of azide groups is 1. The van der Waals surface area contributed by atoms with Crippen LogP contribution < -0.4 is 5.32 Å². The summed E-state index contributed by atoms with van der Waals surface area (Å²) in [6, 6.07) is -0.207. The second kappa shape index (κ2) is 8.78. The first-order valence-corrected chi connectivity index (χ1v) is 6.61. The van der Waals surface area contributed by atoms with E-state index in [0.717, 1.165) is 19.3 Å². The van der Waals surface area contributed by atoms with E-state index >= 15 is 0 Å². The third-order valence-electron chi connectivity index (χ3n) is 3.44. The Balaban J connectivity index is 2.39. The highest BCUT2D eigenvalue weighted by molar-refractivity contribution is 5.76. The maximum Gasteiger partial charge on any atom is 0.323 e. The number of ether oxygens (including phenoxy) is 1. The Kier molecular flexibility index (Phi) is 7.22. The number of rotatable bonds is 7. The van der Waals surface area contributed by atoms with Crippen molar-refractivity contribution in [3.63, 3.8) is 0 Å². The van der Waals surface area contributed by atoms with Crippen molar-refractivity contribution in [1.82, 2.24) is 5.32 Å². The van der Waals surface area contributed by atoms with E-state index in [-0.39, 0.29) is 12.0 Å². The topological polar surface area (TPSA) is 87.1 Å². The van der Waals surface area contributed by atoms with Crippen molar-refractivity contribution in [2.75, 3.05) is 20.2 Å². The van der Waals surface area contributed by atoms with Crippen LogP contribution >= 0.6 is 0 Å². The van der Waals surface area contributed by atoms with Gasteiger partial charge in [-0.3, -0.25) is 4.79 Å². The molecule has 102 valence electrons. The zero-order chi connectivity index (χ0) is 13.2. The van der Waals surface area contributed by atoms with Crippen molar-refractivity contribution < 1.29 is 9.53 Å². The molecule has 0 saturated heterocycles. The molecule has 0 aromatic carbocycles. The van der Waals surface area contributed by atoms with Gasteiger partial charge in [0.05, 0.1) is 7.11 Å². The fraction of sp³-hybridized carbons (Fsp3) is 0.917. The number of carbonyl (C=O) groups is 1. The van der Waals surface area contributed by atoms with Gasteiger partial charge in [0.1, 0.15) is 6.04 Å². The fourth-order valence-electron chi connectivity index (χ4n) is 2.49. The zero-order valence-electron chi connectivity index (χ0n) is 11.0. The molecule has 0 aromatic heterocycles. The lowest BCUT2D eigenvalue weighted by Gasteiger charge is -2.29. The number of hydrogen-bond donors (Lipinski definition) is 1. The van der Waals surface area contributed by atoms with Gasteiger partial charge in [0.15, 0.2) is 0 Å². The first-order valence-electron chi connectivity index (χ1n) is 6.61. The Hall–Kier alpha value is -1.26. The van der Waals surface area contributed by atoms with Gasteiger partial charge in [0, 0.05) is 11.5 Å². The lowest BCUT2D eigenvalue weighted by molar-refractivity contribution is -0.145. The molecule has 6 heteroatoms. The van der Waals surface area contributed by atoms with Crippen LogP contribution in [-0.4, -0.2) is 32.2 Å². The smallest absolute Gasteiger partial charge is 0.323 e. The van der Waals surface area contributed by atoms with Gasteiger partial charge in [-0.05, 0) is 37.3 Å². The maximum absolute atomic E-state index is 11.8. The van der Waals surface area contributed by atoms with Crippen LogP contribution in [0.3, 0.4) is 0 Å². The van der Waals surface area contributed by atoms with E-state index < -0.39 is 0 Å². The summed E-state index contributed by atoms with van der Waals surface area (Å²) in [7, 11) is 1.43. The lowest BCUT2D eigenvalue weighted by Crippen LogP contribution is -2.44. The van der Waals surface area contributed by atoms with Gasteiger partial charge in [-0.2, -0.15) is 0 Å². The summed E-state index contributed by atoms with van der Waals surface area (Å²) in [6.45, 7) is 1.14. The van der Waals surface area contributed by atoms with E-state index in [1.807, 2.05) is 0 Å². The summed E-state index contributed by atoms with van der Waals surface area (Å²) < 4.78 is 4.86. The molecule has 0 spiro atoms. The van der Waals surface area contributed by atoms with Crippen LogP contribution in [0.25, 0.3) is 10.4 Å². The van der Waals surface area contributed by atoms with E-state index in [2.05, 4.69) is 15.3 Å². The Morgan fingerprint density at radius 3 is 2.83 bits per heavy atom. The van der Waals surface area contributed by atoms with E-state index in [4.69, 9.17) is 10.3 Å². The van der Waals surface area contributed by atoms with Gasteiger partial charge in [-0.25, -0.2) is 0 Å². The second-order valence-electron chi connectivity index (χ2n) is 4.66. The van der Waals surface area contributed by atoms with Crippen molar-refractivity contribution in [3.8, 4) is 0 Å². The molecular formula is C12H22N4O2. The number of methoxy groups -OCH3 is 1. The summed E-state index contributed by atoms with van der Waals surface area (Å²) in [5.41, 5.74) is 8.17. The fourth-order valence-corrected chi connectivity index (χ4v) is 2.49. The van der Waals surface area contributed by atoms with Crippen LogP contribution in [0.5, 0.6) is 0 Å². The molecule has 1 aliphatic carbocycles. The summed E-state index contributed by atoms with van der Waals surface area (Å²) >= 11 is 0. The molecule has 6 nitrogen and oxygen atoms in total. The molecule has 0 amide bonds. The van der Waals surface area contributed by atoms with E-state index in [1.54, 1.807) is 0 Å². The van der Waals surface area contributed by atoms with Crippen molar-refractivity contribution in [2.45, 2.75) is 44.6 Å². The Morgan fingerprint density at radius 2 is 2.22 bits per heavy atom. The second-order valence-corrected chi connectivity index (χ2v) is 4.66. The highest BCUT2D eigenvalue weighted by Crippen LogP contribution is 2.27. The van der Waals surface area contributed by atoms with Gasteiger partial charge in [0.2, 0.25) is 0 Å². The van der Waals surface area contributed by atoms with Gasteiger partial charge < -0.3 is 10.1 Å². The average molecular weight is 254 g/mol. The first kappa shape index (κ1) is 14.8. The molecule has 1 aliphatic rings. The largest absolute Gasteiger partial charge is 0.468 e. The molecule has 18 heavy (non-hydrogen) atoms. The SMILES string of the molecule is COC(=O)C(NCCCN=[N+]=[N-])C1CCCCC1. The molecule has 1 atom stereocenters. The molecule has 0 aliphatic heterocycles. The molecule has 1 N–H and O–H groups in total. The third kappa shape index (κ3) is 4.94. The maximum atomic E-state index is 11.8. The minimum absolute atomic E-state index is 0.175. The highest BCUT2D eigenvalue weighted by Gasteiger charge is 2.29. The number of carbonyl (C=O) groups excluding carboxylic acids is 1. The Bertz CT molecular complexity index is 296. The molecule has 1 saturated carbocycles. The van der Waals surface area contributed by atoms with Crippen LogP contribution in [-0.2, 0) is 9.53 Å². The van der Waals surface area contributed by atoms with Gasteiger partial charge in [0.25, 0.3) is 0 Å². The number of esters is 1. The lowest BCUT2D eigenvalue weighted by atomic mass is 9.84. The van der Waals surface area contributed by atoms with Gasteiger partial charge >= 0.3 is 5.97 Å². The van der Waals surface area contributed by atoms with Crippen molar-refractivity contribution in [2.24, 2.45) is 11.0 Å². The van der Waals surface area contributed by atoms with Crippen LogP contribution in [0, 0.1) is 5.92 Å². The molecule has 1 fully saturated rings. The molecular weight excluding hydrogens is 232 g/mol. The monoisotopic (exact) mass is 254 g/mol. The molecule has 1 rings (SSSR count). The summed E-state index contributed by atoms with van der Waals surface area (Å²) in [6.07, 6.45) is 6.56. The predicted octanol–water partition coefficient (Wildman–Crippen LogP) is 2.40. The predicted molar refractivity (Wildman–Crippen MR) is 69.0 cm³/mol. The third-order valence-corrected chi connectivity index (χ3v) is 3.44. The normalized spacial score (nSPS) is 17.8. The van der Waals surface area contributed by atoms with Crippen LogP contribution in [0.4, 0.5) is 0 Å². The molecule has 0 heterocycles. The average Bonchev–Trinajstić information content (AvgIpc) is 2.43. The Labute approximate surface area is 108 Å². The van der Waals surface area contributed by atoms with E-state index in [1.165, 1.54) is 26.4 Å². The van der Waals surface area contributed by atoms with Crippen molar-refractivity contribution in [3.05, 3.63) is 10.4 Å². The van der Waals surface area contributed by atoms with Crippen LogP contribution in [0.1, 0.15) is 38.5 Å². The quantitative estimate of drug-likeness (QED) is 0.249.